The molecule has 1 aromatic rings. The van der Waals surface area contributed by atoms with Crippen molar-refractivity contribution in [2.24, 2.45) is 4.99 Å². The van der Waals surface area contributed by atoms with E-state index in [2.05, 4.69) is 51.6 Å². The lowest BCUT2D eigenvalue weighted by Crippen LogP contribution is -2.44. The predicted molar refractivity (Wildman–Crippen MR) is 104 cm³/mol. The third kappa shape index (κ3) is 7.28. The summed E-state index contributed by atoms with van der Waals surface area (Å²) >= 11 is 0. The van der Waals surface area contributed by atoms with Crippen LogP contribution in [0.15, 0.2) is 40.9 Å². The third-order valence-electron chi connectivity index (χ3n) is 4.27. The minimum atomic E-state index is 0.654. The smallest absolute Gasteiger partial charge is 0.193 e. The van der Waals surface area contributed by atoms with Crippen molar-refractivity contribution in [1.82, 2.24) is 10.2 Å². The fourth-order valence-electron chi connectivity index (χ4n) is 2.89. The largest absolute Gasteiger partial charge is 0.382 e. The highest BCUT2D eigenvalue weighted by molar-refractivity contribution is 5.80. The van der Waals surface area contributed by atoms with Gasteiger partial charge in [-0.2, -0.15) is 0 Å². The first-order chi connectivity index (χ1) is 12.3. The fourth-order valence-corrected chi connectivity index (χ4v) is 2.89. The molecule has 1 fully saturated rings. The van der Waals surface area contributed by atoms with E-state index in [0.717, 1.165) is 51.5 Å². The summed E-state index contributed by atoms with van der Waals surface area (Å²) in [5.74, 6) is 0.996. The van der Waals surface area contributed by atoms with E-state index in [1.165, 1.54) is 11.1 Å². The van der Waals surface area contributed by atoms with Crippen LogP contribution in [-0.4, -0.2) is 64.5 Å². The quantitative estimate of drug-likeness (QED) is 0.447. The highest BCUT2D eigenvalue weighted by Crippen LogP contribution is 2.19. The van der Waals surface area contributed by atoms with Crippen molar-refractivity contribution in [3.05, 3.63) is 41.5 Å². The van der Waals surface area contributed by atoms with E-state index in [-0.39, 0.29) is 0 Å². The Morgan fingerprint density at radius 2 is 1.92 bits per heavy atom. The Hall–Kier alpha value is -1.85. The molecule has 5 nitrogen and oxygen atoms in total. The van der Waals surface area contributed by atoms with E-state index >= 15 is 0 Å². The molecular weight excluding hydrogens is 314 g/mol. The second kappa shape index (κ2) is 11.7. The number of hydrogen-bond acceptors (Lipinski definition) is 3. The second-order valence-corrected chi connectivity index (χ2v) is 6.13. The Kier molecular flexibility index (Phi) is 9.08. The Morgan fingerprint density at radius 3 is 2.60 bits per heavy atom. The van der Waals surface area contributed by atoms with Crippen molar-refractivity contribution in [3.63, 3.8) is 0 Å². The van der Waals surface area contributed by atoms with E-state index in [9.17, 15) is 0 Å². The van der Waals surface area contributed by atoms with Gasteiger partial charge in [-0.1, -0.05) is 42.0 Å². The number of benzene rings is 1. The molecule has 1 saturated heterocycles. The fraction of sp³-hybridized carbons (Fsp3) is 0.550. The molecule has 0 atom stereocenters. The summed E-state index contributed by atoms with van der Waals surface area (Å²) < 4.78 is 10.4. The average Bonchev–Trinajstić information content (AvgIpc) is 2.66. The summed E-state index contributed by atoms with van der Waals surface area (Å²) in [6.07, 6.45) is 5.48. The third-order valence-corrected chi connectivity index (χ3v) is 4.27. The molecular formula is C20H31N3O2. The van der Waals surface area contributed by atoms with Gasteiger partial charge < -0.3 is 19.7 Å². The number of likely N-dealkylation sites (tertiary alicyclic amines) is 1. The van der Waals surface area contributed by atoms with Gasteiger partial charge in [-0.25, -0.2) is 0 Å². The van der Waals surface area contributed by atoms with Gasteiger partial charge in [0.15, 0.2) is 5.96 Å². The highest BCUT2D eigenvalue weighted by atomic mass is 16.5. The van der Waals surface area contributed by atoms with E-state index in [0.29, 0.717) is 13.2 Å². The number of piperidine rings is 1. The number of rotatable bonds is 8. The van der Waals surface area contributed by atoms with Crippen LogP contribution in [-0.2, 0) is 9.47 Å². The summed E-state index contributed by atoms with van der Waals surface area (Å²) in [5, 5.41) is 3.44. The first kappa shape index (κ1) is 19.5. The van der Waals surface area contributed by atoms with Gasteiger partial charge in [0, 0.05) is 40.4 Å². The maximum Gasteiger partial charge on any atom is 0.193 e. The van der Waals surface area contributed by atoms with Gasteiger partial charge in [-0.05, 0) is 24.8 Å². The first-order valence-corrected chi connectivity index (χ1v) is 9.10. The van der Waals surface area contributed by atoms with Crippen LogP contribution < -0.4 is 5.32 Å². The van der Waals surface area contributed by atoms with E-state index in [4.69, 9.17) is 9.47 Å². The molecule has 1 heterocycles. The Labute approximate surface area is 151 Å². The van der Waals surface area contributed by atoms with Crippen LogP contribution in [0.3, 0.4) is 0 Å². The standard InChI is InChI=1S/C20H31N3O2/c1-21-20(22-11-6-14-25-16-15-24-2)23-12-9-19(10-13-23)17-18-7-4-3-5-8-18/h3-5,7-8,17H,6,9-16H2,1-2H3,(H,21,22). The summed E-state index contributed by atoms with van der Waals surface area (Å²) in [6, 6.07) is 10.6. The molecule has 0 bridgehead atoms. The molecule has 138 valence electrons. The zero-order valence-electron chi connectivity index (χ0n) is 15.5. The molecule has 2 rings (SSSR count). The summed E-state index contributed by atoms with van der Waals surface area (Å²) in [4.78, 5) is 6.76. The molecule has 5 heteroatoms. The SMILES string of the molecule is CN=C(NCCCOCCOC)N1CCC(=Cc2ccccc2)CC1. The summed E-state index contributed by atoms with van der Waals surface area (Å²) in [7, 11) is 3.54. The molecule has 25 heavy (non-hydrogen) atoms. The molecule has 0 unspecified atom stereocenters. The topological polar surface area (TPSA) is 46.1 Å². The van der Waals surface area contributed by atoms with Crippen molar-refractivity contribution in [2.75, 3.05) is 53.6 Å². The highest BCUT2D eigenvalue weighted by Gasteiger charge is 2.16. The lowest BCUT2D eigenvalue weighted by atomic mass is 10.0. The number of ether oxygens (including phenoxy) is 2. The number of hydrogen-bond donors (Lipinski definition) is 1. The molecule has 1 N–H and O–H groups in total. The lowest BCUT2D eigenvalue weighted by Gasteiger charge is -2.31. The minimum Gasteiger partial charge on any atom is -0.382 e. The zero-order chi connectivity index (χ0) is 17.7. The number of nitrogens with one attached hydrogen (secondary N) is 1. The average molecular weight is 345 g/mol. The Bertz CT molecular complexity index is 533. The number of aliphatic imine (C=N–C) groups is 1. The van der Waals surface area contributed by atoms with Crippen molar-refractivity contribution in [3.8, 4) is 0 Å². The molecule has 1 aliphatic heterocycles. The van der Waals surface area contributed by atoms with Crippen LogP contribution in [0, 0.1) is 0 Å². The molecule has 1 aliphatic rings. The van der Waals surface area contributed by atoms with Crippen molar-refractivity contribution >= 4 is 12.0 Å². The molecule has 0 aliphatic carbocycles. The van der Waals surface area contributed by atoms with Gasteiger partial charge in [0.05, 0.1) is 13.2 Å². The van der Waals surface area contributed by atoms with Gasteiger partial charge in [0.2, 0.25) is 0 Å². The summed E-state index contributed by atoms with van der Waals surface area (Å²) in [6.45, 7) is 4.97. The first-order valence-electron chi connectivity index (χ1n) is 9.10. The van der Waals surface area contributed by atoms with Crippen LogP contribution in [0.2, 0.25) is 0 Å². The van der Waals surface area contributed by atoms with Gasteiger partial charge >= 0.3 is 0 Å². The van der Waals surface area contributed by atoms with Crippen LogP contribution >= 0.6 is 0 Å². The van der Waals surface area contributed by atoms with Gasteiger partial charge in [-0.15, -0.1) is 0 Å². The predicted octanol–water partition coefficient (Wildman–Crippen LogP) is 2.79. The molecule has 0 radical (unpaired) electrons. The van der Waals surface area contributed by atoms with Crippen molar-refractivity contribution < 1.29 is 9.47 Å². The molecule has 0 saturated carbocycles. The Morgan fingerprint density at radius 1 is 1.16 bits per heavy atom. The van der Waals surface area contributed by atoms with Gasteiger partial charge in [-0.3, -0.25) is 4.99 Å². The second-order valence-electron chi connectivity index (χ2n) is 6.13. The normalized spacial score (nSPS) is 15.4. The van der Waals surface area contributed by atoms with E-state index < -0.39 is 0 Å². The van der Waals surface area contributed by atoms with E-state index in [1.807, 2.05) is 7.05 Å². The Balaban J connectivity index is 1.68. The number of nitrogens with zero attached hydrogens (tertiary/aromatic N) is 2. The number of guanidine groups is 1. The maximum atomic E-state index is 5.48. The van der Waals surface area contributed by atoms with Crippen LogP contribution in [0.25, 0.3) is 6.08 Å². The van der Waals surface area contributed by atoms with Crippen molar-refractivity contribution in [2.45, 2.75) is 19.3 Å². The van der Waals surface area contributed by atoms with Gasteiger partial charge in [0.25, 0.3) is 0 Å². The van der Waals surface area contributed by atoms with Crippen LogP contribution in [0.5, 0.6) is 0 Å². The zero-order valence-corrected chi connectivity index (χ0v) is 15.5. The summed E-state index contributed by atoms with van der Waals surface area (Å²) in [5.41, 5.74) is 2.81. The molecule has 0 amide bonds. The lowest BCUT2D eigenvalue weighted by molar-refractivity contribution is 0.0698. The van der Waals surface area contributed by atoms with E-state index in [1.54, 1.807) is 7.11 Å². The molecule has 0 aromatic heterocycles. The van der Waals surface area contributed by atoms with Gasteiger partial charge in [0.1, 0.15) is 0 Å². The van der Waals surface area contributed by atoms with Crippen LogP contribution in [0.4, 0.5) is 0 Å². The van der Waals surface area contributed by atoms with Crippen molar-refractivity contribution in [1.29, 1.82) is 0 Å². The number of methoxy groups -OCH3 is 1. The maximum absolute atomic E-state index is 5.48. The van der Waals surface area contributed by atoms with Crippen LogP contribution in [0.1, 0.15) is 24.8 Å². The monoisotopic (exact) mass is 345 g/mol. The minimum absolute atomic E-state index is 0.654. The molecule has 1 aromatic carbocycles. The molecule has 0 spiro atoms.